The number of amides is 1. The maximum atomic E-state index is 12.0. The minimum absolute atomic E-state index is 0.210. The number of carbonyl (C=O) groups excluding carboxylic acids is 1. The van der Waals surface area contributed by atoms with Crippen LogP contribution in [0.1, 0.15) is 29.8 Å². The number of anilines is 1. The predicted octanol–water partition coefficient (Wildman–Crippen LogP) is 3.30. The molecule has 0 aliphatic carbocycles. The molecule has 0 radical (unpaired) electrons. The van der Waals surface area contributed by atoms with Gasteiger partial charge in [-0.15, -0.1) is 0 Å². The molecule has 0 saturated heterocycles. The Morgan fingerprint density at radius 3 is 2.27 bits per heavy atom. The molecule has 0 heterocycles. The summed E-state index contributed by atoms with van der Waals surface area (Å²) in [4.78, 5) is 14.2. The van der Waals surface area contributed by atoms with Gasteiger partial charge < -0.3 is 4.90 Å². The Hall–Kier alpha value is -2.62. The maximum absolute atomic E-state index is 12.0. The molecule has 1 N–H and O–H groups in total. The summed E-state index contributed by atoms with van der Waals surface area (Å²) in [6.45, 7) is 6.12. The Morgan fingerprint density at radius 2 is 1.68 bits per heavy atom. The summed E-state index contributed by atoms with van der Waals surface area (Å²) in [7, 11) is 0. The third kappa shape index (κ3) is 4.19. The molecule has 2 rings (SSSR count). The SMILES string of the molecule is CCN(CC)c1ccc(C(=O)N/N=C\c2ccccc2)cc1. The van der Waals surface area contributed by atoms with Crippen molar-refractivity contribution in [1.29, 1.82) is 0 Å². The molecule has 0 aliphatic heterocycles. The highest BCUT2D eigenvalue weighted by atomic mass is 16.2. The number of hydrogen-bond acceptors (Lipinski definition) is 3. The lowest BCUT2D eigenvalue weighted by molar-refractivity contribution is 0.0955. The fourth-order valence-corrected chi connectivity index (χ4v) is 2.18. The first-order valence-electron chi connectivity index (χ1n) is 7.48. The molecule has 0 atom stereocenters. The van der Waals surface area contributed by atoms with Gasteiger partial charge in [0.25, 0.3) is 5.91 Å². The normalized spacial score (nSPS) is 10.6. The van der Waals surface area contributed by atoms with Gasteiger partial charge in [-0.05, 0) is 43.7 Å². The molecule has 114 valence electrons. The summed E-state index contributed by atoms with van der Waals surface area (Å²) < 4.78 is 0. The highest BCUT2D eigenvalue weighted by Crippen LogP contribution is 2.14. The number of nitrogens with zero attached hydrogens (tertiary/aromatic N) is 2. The largest absolute Gasteiger partial charge is 0.372 e. The van der Waals surface area contributed by atoms with Gasteiger partial charge in [0.05, 0.1) is 6.21 Å². The second kappa shape index (κ2) is 7.98. The molecular formula is C18H21N3O. The van der Waals surface area contributed by atoms with E-state index in [2.05, 4.69) is 29.3 Å². The van der Waals surface area contributed by atoms with Crippen LogP contribution in [0, 0.1) is 0 Å². The van der Waals surface area contributed by atoms with Gasteiger partial charge in [0.2, 0.25) is 0 Å². The third-order valence-corrected chi connectivity index (χ3v) is 3.44. The van der Waals surface area contributed by atoms with E-state index in [4.69, 9.17) is 0 Å². The van der Waals surface area contributed by atoms with Crippen LogP contribution in [0.5, 0.6) is 0 Å². The van der Waals surface area contributed by atoms with Gasteiger partial charge in [0.15, 0.2) is 0 Å². The van der Waals surface area contributed by atoms with Crippen molar-refractivity contribution in [3.63, 3.8) is 0 Å². The molecular weight excluding hydrogens is 274 g/mol. The standard InChI is InChI=1S/C18H21N3O/c1-3-21(4-2)17-12-10-16(11-13-17)18(22)20-19-14-15-8-6-5-7-9-15/h5-14H,3-4H2,1-2H3,(H,20,22)/b19-14-. The number of hydrazone groups is 1. The van der Waals surface area contributed by atoms with E-state index in [0.29, 0.717) is 5.56 Å². The van der Waals surface area contributed by atoms with Crippen LogP contribution in [0.2, 0.25) is 0 Å². The predicted molar refractivity (Wildman–Crippen MR) is 91.5 cm³/mol. The smallest absolute Gasteiger partial charge is 0.271 e. The van der Waals surface area contributed by atoms with Crippen molar-refractivity contribution in [3.8, 4) is 0 Å². The summed E-state index contributed by atoms with van der Waals surface area (Å²) in [6.07, 6.45) is 1.63. The molecule has 0 bridgehead atoms. The zero-order chi connectivity index (χ0) is 15.8. The first kappa shape index (κ1) is 15.8. The van der Waals surface area contributed by atoms with Gasteiger partial charge in [-0.3, -0.25) is 4.79 Å². The molecule has 0 aromatic heterocycles. The fourth-order valence-electron chi connectivity index (χ4n) is 2.18. The van der Waals surface area contributed by atoms with E-state index >= 15 is 0 Å². The minimum atomic E-state index is -0.210. The molecule has 22 heavy (non-hydrogen) atoms. The van der Waals surface area contributed by atoms with Crippen molar-refractivity contribution < 1.29 is 4.79 Å². The first-order chi connectivity index (χ1) is 10.7. The van der Waals surface area contributed by atoms with Gasteiger partial charge >= 0.3 is 0 Å². The summed E-state index contributed by atoms with van der Waals surface area (Å²) in [5.74, 6) is -0.210. The maximum Gasteiger partial charge on any atom is 0.271 e. The van der Waals surface area contributed by atoms with Crippen LogP contribution in [0.4, 0.5) is 5.69 Å². The Balaban J connectivity index is 1.97. The second-order valence-corrected chi connectivity index (χ2v) is 4.83. The van der Waals surface area contributed by atoms with Crippen molar-refractivity contribution in [3.05, 3.63) is 65.7 Å². The Kier molecular flexibility index (Phi) is 5.72. The quantitative estimate of drug-likeness (QED) is 0.656. The van der Waals surface area contributed by atoms with E-state index in [1.165, 1.54) is 0 Å². The van der Waals surface area contributed by atoms with Crippen molar-refractivity contribution in [2.24, 2.45) is 5.10 Å². The lowest BCUT2D eigenvalue weighted by Gasteiger charge is -2.20. The van der Waals surface area contributed by atoms with E-state index < -0.39 is 0 Å². The van der Waals surface area contributed by atoms with Crippen LogP contribution >= 0.6 is 0 Å². The van der Waals surface area contributed by atoms with Crippen LogP contribution in [0.15, 0.2) is 59.7 Å². The van der Waals surface area contributed by atoms with Crippen molar-refractivity contribution >= 4 is 17.8 Å². The Labute approximate surface area is 131 Å². The zero-order valence-electron chi connectivity index (χ0n) is 13.0. The molecule has 2 aromatic rings. The highest BCUT2D eigenvalue weighted by Gasteiger charge is 2.06. The second-order valence-electron chi connectivity index (χ2n) is 4.83. The first-order valence-corrected chi connectivity index (χ1v) is 7.48. The van der Waals surface area contributed by atoms with E-state index in [9.17, 15) is 4.79 Å². The Bertz CT molecular complexity index is 617. The summed E-state index contributed by atoms with van der Waals surface area (Å²) in [5.41, 5.74) is 5.20. The number of nitrogens with one attached hydrogen (secondary N) is 1. The molecule has 4 heteroatoms. The van der Waals surface area contributed by atoms with Crippen LogP contribution in [-0.4, -0.2) is 25.2 Å². The highest BCUT2D eigenvalue weighted by molar-refractivity contribution is 5.95. The van der Waals surface area contributed by atoms with Crippen LogP contribution < -0.4 is 10.3 Å². The molecule has 0 unspecified atom stereocenters. The summed E-state index contributed by atoms with van der Waals surface area (Å²) >= 11 is 0. The molecule has 0 spiro atoms. The van der Waals surface area contributed by atoms with Crippen LogP contribution in [0.3, 0.4) is 0 Å². The number of carbonyl (C=O) groups is 1. The average Bonchev–Trinajstić information content (AvgIpc) is 2.57. The number of rotatable bonds is 6. The van der Waals surface area contributed by atoms with Crippen LogP contribution in [0.25, 0.3) is 0 Å². The van der Waals surface area contributed by atoms with Crippen molar-refractivity contribution in [2.75, 3.05) is 18.0 Å². The van der Waals surface area contributed by atoms with Gasteiger partial charge in [-0.2, -0.15) is 5.10 Å². The van der Waals surface area contributed by atoms with Crippen molar-refractivity contribution in [2.45, 2.75) is 13.8 Å². The van der Waals surface area contributed by atoms with E-state index in [1.807, 2.05) is 54.6 Å². The monoisotopic (exact) mass is 295 g/mol. The van der Waals surface area contributed by atoms with E-state index in [0.717, 1.165) is 24.3 Å². The molecule has 0 aliphatic rings. The number of benzene rings is 2. The van der Waals surface area contributed by atoms with E-state index in [-0.39, 0.29) is 5.91 Å². The fraction of sp³-hybridized carbons (Fsp3) is 0.222. The number of hydrogen-bond donors (Lipinski definition) is 1. The zero-order valence-corrected chi connectivity index (χ0v) is 13.0. The van der Waals surface area contributed by atoms with E-state index in [1.54, 1.807) is 6.21 Å². The lowest BCUT2D eigenvalue weighted by atomic mass is 10.2. The third-order valence-electron chi connectivity index (χ3n) is 3.44. The molecule has 4 nitrogen and oxygen atoms in total. The minimum Gasteiger partial charge on any atom is -0.372 e. The van der Waals surface area contributed by atoms with Crippen molar-refractivity contribution in [1.82, 2.24) is 5.43 Å². The lowest BCUT2D eigenvalue weighted by Crippen LogP contribution is -2.22. The summed E-state index contributed by atoms with van der Waals surface area (Å²) in [6, 6.07) is 17.2. The van der Waals surface area contributed by atoms with Gasteiger partial charge in [-0.1, -0.05) is 30.3 Å². The van der Waals surface area contributed by atoms with Crippen LogP contribution in [-0.2, 0) is 0 Å². The van der Waals surface area contributed by atoms with Gasteiger partial charge in [0, 0.05) is 24.3 Å². The molecule has 1 amide bonds. The Morgan fingerprint density at radius 1 is 1.05 bits per heavy atom. The topological polar surface area (TPSA) is 44.7 Å². The average molecular weight is 295 g/mol. The van der Waals surface area contributed by atoms with Gasteiger partial charge in [-0.25, -0.2) is 5.43 Å². The molecule has 0 fully saturated rings. The molecule has 2 aromatic carbocycles. The summed E-state index contributed by atoms with van der Waals surface area (Å²) in [5, 5.41) is 3.97. The van der Waals surface area contributed by atoms with Gasteiger partial charge in [0.1, 0.15) is 0 Å². The molecule has 0 saturated carbocycles.